The van der Waals surface area contributed by atoms with Crippen molar-refractivity contribution in [3.05, 3.63) is 0 Å². The van der Waals surface area contributed by atoms with Gasteiger partial charge in [-0.3, -0.25) is 0 Å². The Morgan fingerprint density at radius 3 is 2.47 bits per heavy atom. The molecule has 1 rings (SSSR count). The van der Waals surface area contributed by atoms with E-state index >= 15 is 0 Å². The van der Waals surface area contributed by atoms with Crippen molar-refractivity contribution in [1.29, 1.82) is 0 Å². The van der Waals surface area contributed by atoms with Gasteiger partial charge in [-0.05, 0) is 25.7 Å². The van der Waals surface area contributed by atoms with E-state index in [0.29, 0.717) is 4.90 Å². The molecular weight excluding hydrogens is 249 g/mol. The third kappa shape index (κ3) is 4.89. The quantitative estimate of drug-likeness (QED) is 0.444. The van der Waals surface area contributed by atoms with Crippen molar-refractivity contribution in [3.8, 4) is 0 Å². The van der Waals surface area contributed by atoms with Crippen LogP contribution in [-0.2, 0) is 4.74 Å². The summed E-state index contributed by atoms with van der Waals surface area (Å²) in [6.45, 7) is 1.51. The van der Waals surface area contributed by atoms with Gasteiger partial charge in [-0.1, -0.05) is 30.9 Å². The van der Waals surface area contributed by atoms with Crippen LogP contribution in [-0.4, -0.2) is 29.3 Å². The lowest BCUT2D eigenvalue weighted by molar-refractivity contribution is 0.0900. The summed E-state index contributed by atoms with van der Waals surface area (Å²) in [7, 11) is 0. The first-order chi connectivity index (χ1) is 8.00. The molecule has 1 fully saturated rings. The number of rotatable bonds is 3. The summed E-state index contributed by atoms with van der Waals surface area (Å²) >= 11 is 5.46. The summed E-state index contributed by atoms with van der Waals surface area (Å²) < 4.78 is 17.4. The van der Waals surface area contributed by atoms with E-state index in [4.69, 9.17) is 11.6 Å². The van der Waals surface area contributed by atoms with Crippen molar-refractivity contribution < 1.29 is 18.7 Å². The van der Waals surface area contributed by atoms with Gasteiger partial charge in [0.05, 0.1) is 0 Å². The fraction of sp³-hybridized carbons (Fsp3) is 0.818. The smallest absolute Gasteiger partial charge is 0.420 e. The van der Waals surface area contributed by atoms with Crippen molar-refractivity contribution in [3.63, 3.8) is 0 Å². The Kier molecular flexibility index (Phi) is 5.68. The Balaban J connectivity index is 2.52. The van der Waals surface area contributed by atoms with E-state index in [2.05, 4.69) is 4.74 Å². The van der Waals surface area contributed by atoms with Gasteiger partial charge in [-0.15, -0.1) is 4.39 Å². The van der Waals surface area contributed by atoms with Crippen LogP contribution in [0.2, 0.25) is 0 Å². The molecule has 0 heterocycles. The number of alkyl halides is 1. The second-order valence-electron chi connectivity index (χ2n) is 4.29. The summed E-state index contributed by atoms with van der Waals surface area (Å²) in [5.41, 5.74) is -0.879. The molecule has 0 aromatic rings. The molecule has 1 saturated carbocycles. The SMILES string of the molecule is CC(Cl)OC(=O)N(CC1CCCCC1)C(=O)F. The van der Waals surface area contributed by atoms with Gasteiger partial charge in [0, 0.05) is 6.54 Å². The molecule has 4 nitrogen and oxygen atoms in total. The van der Waals surface area contributed by atoms with Crippen LogP contribution < -0.4 is 0 Å². The summed E-state index contributed by atoms with van der Waals surface area (Å²) in [6, 6.07) is 0. The molecule has 0 aliphatic heterocycles. The highest BCUT2D eigenvalue weighted by Gasteiger charge is 2.28. The van der Waals surface area contributed by atoms with Gasteiger partial charge in [0.15, 0.2) is 5.56 Å². The van der Waals surface area contributed by atoms with Crippen LogP contribution in [0.3, 0.4) is 0 Å². The van der Waals surface area contributed by atoms with Gasteiger partial charge in [-0.25, -0.2) is 14.5 Å². The van der Waals surface area contributed by atoms with Crippen molar-refractivity contribution in [2.24, 2.45) is 5.92 Å². The molecule has 2 amide bonds. The lowest BCUT2D eigenvalue weighted by Gasteiger charge is -2.26. The fourth-order valence-corrected chi connectivity index (χ4v) is 2.12. The molecule has 6 heteroatoms. The molecule has 98 valence electrons. The number of amides is 2. The van der Waals surface area contributed by atoms with Gasteiger partial charge >= 0.3 is 12.3 Å². The van der Waals surface area contributed by atoms with E-state index < -0.39 is 17.8 Å². The molecule has 0 spiro atoms. The molecule has 1 unspecified atom stereocenters. The van der Waals surface area contributed by atoms with E-state index in [1.54, 1.807) is 0 Å². The standard InChI is InChI=1S/C11H17ClFNO3/c1-8(12)17-11(16)14(10(13)15)7-9-5-3-2-4-6-9/h8-9H,2-7H2,1H3. The lowest BCUT2D eigenvalue weighted by atomic mass is 9.89. The first-order valence-electron chi connectivity index (χ1n) is 5.82. The Morgan fingerprint density at radius 2 is 2.00 bits per heavy atom. The van der Waals surface area contributed by atoms with E-state index in [-0.39, 0.29) is 12.5 Å². The van der Waals surface area contributed by atoms with Crippen LogP contribution in [0.25, 0.3) is 0 Å². The van der Waals surface area contributed by atoms with Gasteiger partial charge in [0.2, 0.25) is 0 Å². The number of imide groups is 1. The van der Waals surface area contributed by atoms with Gasteiger partial charge in [0.25, 0.3) is 0 Å². The molecule has 1 atom stereocenters. The molecule has 1 aliphatic carbocycles. The van der Waals surface area contributed by atoms with Crippen LogP contribution in [0.5, 0.6) is 0 Å². The van der Waals surface area contributed by atoms with Gasteiger partial charge in [-0.2, -0.15) is 0 Å². The number of hydrogen-bond acceptors (Lipinski definition) is 3. The number of halogens is 2. The maximum atomic E-state index is 12.8. The molecule has 1 aliphatic rings. The van der Waals surface area contributed by atoms with Crippen LogP contribution >= 0.6 is 11.6 Å². The van der Waals surface area contributed by atoms with Gasteiger partial charge in [0.1, 0.15) is 0 Å². The molecular formula is C11H17ClFNO3. The summed E-state index contributed by atoms with van der Waals surface area (Å²) in [5, 5.41) is 0. The molecule has 0 radical (unpaired) electrons. The van der Waals surface area contributed by atoms with Crippen LogP contribution in [0, 0.1) is 5.92 Å². The van der Waals surface area contributed by atoms with E-state index in [1.165, 1.54) is 6.92 Å². The normalized spacial score (nSPS) is 18.5. The molecule has 0 aromatic heterocycles. The summed E-state index contributed by atoms with van der Waals surface area (Å²) in [6.07, 6.45) is 2.30. The molecule has 0 N–H and O–H groups in total. The topological polar surface area (TPSA) is 46.6 Å². The number of carbonyl (C=O) groups excluding carboxylic acids is 2. The van der Waals surface area contributed by atoms with Crippen LogP contribution in [0.1, 0.15) is 39.0 Å². The summed E-state index contributed by atoms with van der Waals surface area (Å²) in [4.78, 5) is 22.7. The fourth-order valence-electron chi connectivity index (χ4n) is 2.05. The third-order valence-corrected chi connectivity index (χ3v) is 2.95. The van der Waals surface area contributed by atoms with Crippen LogP contribution in [0.15, 0.2) is 0 Å². The molecule has 17 heavy (non-hydrogen) atoms. The van der Waals surface area contributed by atoms with E-state index in [0.717, 1.165) is 32.1 Å². The number of hydrogen-bond donors (Lipinski definition) is 0. The Labute approximate surface area is 105 Å². The highest BCUT2D eigenvalue weighted by molar-refractivity contribution is 6.20. The minimum absolute atomic E-state index is 0.0811. The number of nitrogens with zero attached hydrogens (tertiary/aromatic N) is 1. The zero-order valence-electron chi connectivity index (χ0n) is 9.83. The average Bonchev–Trinajstić information content (AvgIpc) is 2.25. The maximum absolute atomic E-state index is 12.8. The molecule has 0 aromatic carbocycles. The van der Waals surface area contributed by atoms with Crippen molar-refractivity contribution in [1.82, 2.24) is 4.90 Å². The lowest BCUT2D eigenvalue weighted by Crippen LogP contribution is -2.39. The minimum Gasteiger partial charge on any atom is -0.430 e. The minimum atomic E-state index is -1.78. The predicted octanol–water partition coefficient (Wildman–Crippen LogP) is 3.68. The van der Waals surface area contributed by atoms with Crippen molar-refractivity contribution in [2.75, 3.05) is 6.54 Å². The molecule has 0 bridgehead atoms. The van der Waals surface area contributed by atoms with E-state index in [9.17, 15) is 14.0 Å². The second-order valence-corrected chi connectivity index (χ2v) is 4.91. The monoisotopic (exact) mass is 265 g/mol. The Hall–Kier alpha value is -0.840. The maximum Gasteiger partial charge on any atom is 0.420 e. The summed E-state index contributed by atoms with van der Waals surface area (Å²) in [5.74, 6) is 0.168. The first kappa shape index (κ1) is 14.2. The van der Waals surface area contributed by atoms with Gasteiger partial charge < -0.3 is 4.74 Å². The van der Waals surface area contributed by atoms with Crippen molar-refractivity contribution >= 4 is 23.9 Å². The highest BCUT2D eigenvalue weighted by atomic mass is 35.5. The van der Waals surface area contributed by atoms with Crippen LogP contribution in [0.4, 0.5) is 14.0 Å². The zero-order valence-corrected chi connectivity index (χ0v) is 10.6. The Morgan fingerprint density at radius 1 is 1.41 bits per heavy atom. The first-order valence-corrected chi connectivity index (χ1v) is 6.26. The predicted molar refractivity (Wildman–Crippen MR) is 61.6 cm³/mol. The Bertz CT molecular complexity index is 280. The number of ether oxygens (including phenoxy) is 1. The van der Waals surface area contributed by atoms with E-state index in [1.807, 2.05) is 0 Å². The average molecular weight is 266 g/mol. The molecule has 0 saturated heterocycles. The third-order valence-electron chi connectivity index (χ3n) is 2.86. The highest BCUT2D eigenvalue weighted by Crippen LogP contribution is 2.25. The largest absolute Gasteiger partial charge is 0.430 e. The van der Waals surface area contributed by atoms with Crippen molar-refractivity contribution in [2.45, 2.75) is 44.6 Å². The number of carbonyl (C=O) groups is 2. The second kappa shape index (κ2) is 6.79. The zero-order chi connectivity index (χ0) is 12.8.